The van der Waals surface area contributed by atoms with Gasteiger partial charge in [0.15, 0.2) is 17.0 Å². The molecule has 1 amide bonds. The molecule has 0 radical (unpaired) electrons. The van der Waals surface area contributed by atoms with Crippen molar-refractivity contribution in [3.05, 3.63) is 78.1 Å². The lowest BCUT2D eigenvalue weighted by Crippen LogP contribution is -2.42. The van der Waals surface area contributed by atoms with Gasteiger partial charge in [0, 0.05) is 19.5 Å². The first-order chi connectivity index (χ1) is 21.5. The number of anilines is 2. The number of nitrogens with zero attached hydrogens (tertiary/aromatic N) is 5. The molecule has 3 heterocycles. The number of aliphatic hydroxyl groups excluding tert-OH is 2. The molecule has 0 bridgehead atoms. The molecule has 0 spiro atoms. The molecule has 2 aromatic heterocycles. The Morgan fingerprint density at radius 2 is 1.64 bits per heavy atom. The van der Waals surface area contributed by atoms with Crippen LogP contribution in [0.4, 0.5) is 11.8 Å². The SMILES string of the molecule is CCC(=O)N[C@H]1C[C@@H](n2cnc3c(NC(c4ccccc4)c4ccccc4)nc(NCCN4CCCCC4)nc32)[C@H](O)[C@@H]1O. The predicted octanol–water partition coefficient (Wildman–Crippen LogP) is 3.49. The van der Waals surface area contributed by atoms with E-state index >= 15 is 0 Å². The lowest BCUT2D eigenvalue weighted by molar-refractivity contribution is -0.122. The predicted molar refractivity (Wildman–Crippen MR) is 170 cm³/mol. The normalized spacial score (nSPS) is 22.4. The van der Waals surface area contributed by atoms with Gasteiger partial charge in [-0.1, -0.05) is 74.0 Å². The van der Waals surface area contributed by atoms with Gasteiger partial charge in [-0.2, -0.15) is 9.97 Å². The summed E-state index contributed by atoms with van der Waals surface area (Å²) in [7, 11) is 0. The molecule has 1 aliphatic carbocycles. The second-order valence-corrected chi connectivity index (χ2v) is 11.8. The molecule has 0 unspecified atom stereocenters. The minimum atomic E-state index is -1.10. The Bertz CT molecular complexity index is 1490. The second kappa shape index (κ2) is 13.7. The fourth-order valence-electron chi connectivity index (χ4n) is 6.37. The summed E-state index contributed by atoms with van der Waals surface area (Å²) in [6.45, 7) is 5.56. The van der Waals surface area contributed by atoms with E-state index in [-0.39, 0.29) is 11.9 Å². The highest BCUT2D eigenvalue weighted by atomic mass is 16.3. The van der Waals surface area contributed by atoms with Crippen molar-refractivity contribution in [2.45, 2.75) is 69.4 Å². The summed E-state index contributed by atoms with van der Waals surface area (Å²) in [5, 5.41) is 31.8. The van der Waals surface area contributed by atoms with Crippen LogP contribution in [0.15, 0.2) is 67.0 Å². The third-order valence-electron chi connectivity index (χ3n) is 8.80. The lowest BCUT2D eigenvalue weighted by Gasteiger charge is -2.26. The number of carbonyl (C=O) groups excluding carboxylic acids is 1. The Labute approximate surface area is 257 Å². The summed E-state index contributed by atoms with van der Waals surface area (Å²) in [5.41, 5.74) is 3.26. The van der Waals surface area contributed by atoms with Crippen LogP contribution in [0.2, 0.25) is 0 Å². The highest BCUT2D eigenvalue weighted by Crippen LogP contribution is 2.35. The molecule has 4 atom stereocenters. The topological polar surface area (TPSA) is 140 Å². The molecular formula is C33H42N8O3. The number of aromatic nitrogens is 4. The first-order valence-electron chi connectivity index (χ1n) is 15.7. The zero-order chi connectivity index (χ0) is 30.5. The molecule has 2 aliphatic rings. The molecule has 2 fully saturated rings. The van der Waals surface area contributed by atoms with Crippen LogP contribution in [0.5, 0.6) is 0 Å². The monoisotopic (exact) mass is 598 g/mol. The van der Waals surface area contributed by atoms with Gasteiger partial charge in [-0.05, 0) is 43.5 Å². The van der Waals surface area contributed by atoms with Gasteiger partial charge in [0.05, 0.1) is 24.5 Å². The van der Waals surface area contributed by atoms with Crippen LogP contribution in [-0.4, -0.2) is 85.0 Å². The summed E-state index contributed by atoms with van der Waals surface area (Å²) < 4.78 is 1.81. The number of fused-ring (bicyclic) bond motifs is 1. The molecule has 6 rings (SSSR count). The Kier molecular flexibility index (Phi) is 9.34. The number of hydrogen-bond donors (Lipinski definition) is 5. The molecular weight excluding hydrogens is 556 g/mol. The molecule has 11 heteroatoms. The van der Waals surface area contributed by atoms with Crippen molar-refractivity contribution in [3.63, 3.8) is 0 Å². The third kappa shape index (κ3) is 6.54. The van der Waals surface area contributed by atoms with Crippen molar-refractivity contribution in [2.75, 3.05) is 36.8 Å². The first kappa shape index (κ1) is 30.0. The number of nitrogens with one attached hydrogen (secondary N) is 3. The van der Waals surface area contributed by atoms with Gasteiger partial charge < -0.3 is 35.6 Å². The quantitative estimate of drug-likeness (QED) is 0.176. The number of amides is 1. The number of hydrogen-bond acceptors (Lipinski definition) is 9. The second-order valence-electron chi connectivity index (χ2n) is 11.8. The number of carbonyl (C=O) groups is 1. The fourth-order valence-corrected chi connectivity index (χ4v) is 6.37. The maximum absolute atomic E-state index is 12.1. The van der Waals surface area contributed by atoms with Gasteiger partial charge in [0.2, 0.25) is 11.9 Å². The average Bonchev–Trinajstić information content (AvgIpc) is 3.61. The van der Waals surface area contributed by atoms with Crippen LogP contribution in [0.1, 0.15) is 62.2 Å². The number of rotatable bonds is 11. The van der Waals surface area contributed by atoms with Crippen LogP contribution in [0, 0.1) is 0 Å². The van der Waals surface area contributed by atoms with E-state index in [2.05, 4.69) is 45.1 Å². The van der Waals surface area contributed by atoms with Gasteiger partial charge in [-0.3, -0.25) is 4.79 Å². The van der Waals surface area contributed by atoms with Crippen LogP contribution in [-0.2, 0) is 4.79 Å². The molecule has 1 saturated heterocycles. The molecule has 4 aromatic rings. The van der Waals surface area contributed by atoms with Crippen molar-refractivity contribution < 1.29 is 15.0 Å². The third-order valence-corrected chi connectivity index (χ3v) is 8.80. The first-order valence-corrected chi connectivity index (χ1v) is 15.7. The van der Waals surface area contributed by atoms with E-state index in [1.54, 1.807) is 13.3 Å². The van der Waals surface area contributed by atoms with E-state index in [1.165, 1.54) is 19.3 Å². The van der Waals surface area contributed by atoms with E-state index < -0.39 is 24.3 Å². The summed E-state index contributed by atoms with van der Waals surface area (Å²) in [4.78, 5) is 29.1. The molecule has 2 aromatic carbocycles. The van der Waals surface area contributed by atoms with Gasteiger partial charge in [0.25, 0.3) is 0 Å². The summed E-state index contributed by atoms with van der Waals surface area (Å²) in [6.07, 6.45) is 3.84. The van der Waals surface area contributed by atoms with Crippen molar-refractivity contribution in [3.8, 4) is 0 Å². The molecule has 232 valence electrons. The smallest absolute Gasteiger partial charge is 0.226 e. The van der Waals surface area contributed by atoms with Crippen LogP contribution < -0.4 is 16.0 Å². The molecule has 1 saturated carbocycles. The van der Waals surface area contributed by atoms with Crippen molar-refractivity contribution >= 4 is 28.8 Å². The molecule has 1 aliphatic heterocycles. The number of likely N-dealkylation sites (tertiary alicyclic amines) is 1. The minimum absolute atomic E-state index is 0.167. The highest BCUT2D eigenvalue weighted by Gasteiger charge is 2.43. The average molecular weight is 599 g/mol. The van der Waals surface area contributed by atoms with Gasteiger partial charge in [-0.15, -0.1) is 0 Å². The summed E-state index contributed by atoms with van der Waals surface area (Å²) in [5.74, 6) is 0.859. The van der Waals surface area contributed by atoms with Crippen molar-refractivity contribution in [1.29, 1.82) is 0 Å². The number of benzene rings is 2. The Balaban J connectivity index is 1.35. The zero-order valence-corrected chi connectivity index (χ0v) is 25.1. The van der Waals surface area contributed by atoms with E-state index in [9.17, 15) is 15.0 Å². The van der Waals surface area contributed by atoms with E-state index in [0.717, 1.165) is 30.8 Å². The van der Waals surface area contributed by atoms with Crippen LogP contribution in [0.25, 0.3) is 11.2 Å². The Hall–Kier alpha value is -4.06. The van der Waals surface area contributed by atoms with E-state index in [4.69, 9.17) is 15.0 Å². The minimum Gasteiger partial charge on any atom is -0.388 e. The highest BCUT2D eigenvalue weighted by molar-refractivity contribution is 5.85. The molecule has 44 heavy (non-hydrogen) atoms. The Morgan fingerprint density at radius 1 is 0.955 bits per heavy atom. The van der Waals surface area contributed by atoms with Crippen molar-refractivity contribution in [1.82, 2.24) is 29.7 Å². The maximum Gasteiger partial charge on any atom is 0.226 e. The molecule has 11 nitrogen and oxygen atoms in total. The standard InChI is InChI=1S/C33H42N8O3/c1-2-26(42)36-24-20-25(30(44)29(24)43)41-21-35-28-31(37-27(22-12-6-3-7-13-22)23-14-8-4-9-15-23)38-33(39-32(28)41)34-16-19-40-17-10-5-11-18-40/h3-4,6-9,12-15,21,24-25,27,29-30,43-44H,2,5,10-11,16-20H2,1H3,(H,36,42)(H2,34,37,38,39)/t24-,25+,29+,30-/m0/s1. The fraction of sp³-hybridized carbons (Fsp3) is 0.455. The van der Waals surface area contributed by atoms with Crippen LogP contribution >= 0.6 is 0 Å². The number of piperidine rings is 1. The Morgan fingerprint density at radius 3 is 2.30 bits per heavy atom. The van der Waals surface area contributed by atoms with Gasteiger partial charge in [0.1, 0.15) is 12.2 Å². The van der Waals surface area contributed by atoms with E-state index in [1.807, 2.05) is 41.0 Å². The summed E-state index contributed by atoms with van der Waals surface area (Å²) in [6, 6.07) is 19.1. The summed E-state index contributed by atoms with van der Waals surface area (Å²) >= 11 is 0. The molecule has 5 N–H and O–H groups in total. The van der Waals surface area contributed by atoms with E-state index in [0.29, 0.717) is 42.3 Å². The van der Waals surface area contributed by atoms with Gasteiger partial charge in [-0.25, -0.2) is 4.98 Å². The lowest BCUT2D eigenvalue weighted by atomic mass is 9.99. The zero-order valence-electron chi connectivity index (χ0n) is 25.1. The largest absolute Gasteiger partial charge is 0.388 e. The maximum atomic E-state index is 12.1. The van der Waals surface area contributed by atoms with Crippen LogP contribution in [0.3, 0.4) is 0 Å². The number of aliphatic hydroxyl groups is 2. The number of imidazole rings is 1. The van der Waals surface area contributed by atoms with Crippen molar-refractivity contribution in [2.24, 2.45) is 0 Å². The van der Waals surface area contributed by atoms with Gasteiger partial charge >= 0.3 is 0 Å².